The molecular formula is C9H6Cl2N2OS2. The van der Waals surface area contributed by atoms with Gasteiger partial charge in [0.15, 0.2) is 15.6 Å². The van der Waals surface area contributed by atoms with E-state index in [4.69, 9.17) is 27.9 Å². The first-order valence-electron chi connectivity index (χ1n) is 4.21. The molecule has 2 rings (SSSR count). The molecule has 2 aromatic rings. The minimum atomic E-state index is 0.400. The number of para-hydroxylation sites is 1. The molecule has 0 fully saturated rings. The van der Waals surface area contributed by atoms with Gasteiger partial charge in [0.25, 0.3) is 0 Å². The molecule has 0 saturated carbocycles. The summed E-state index contributed by atoms with van der Waals surface area (Å²) < 4.78 is 9.79. The molecule has 0 bridgehead atoms. The summed E-state index contributed by atoms with van der Waals surface area (Å²) in [5, 5.41) is 0.921. The molecule has 1 heterocycles. The maximum atomic E-state index is 5.98. The second-order valence-corrected chi connectivity index (χ2v) is 5.35. The minimum absolute atomic E-state index is 0.400. The Morgan fingerprint density at radius 3 is 2.81 bits per heavy atom. The molecule has 0 aliphatic heterocycles. The van der Waals surface area contributed by atoms with Crippen LogP contribution in [0.15, 0.2) is 23.2 Å². The molecule has 1 aromatic carbocycles. The number of hydrogen-bond acceptors (Lipinski definition) is 5. The number of rotatable bonds is 2. The lowest BCUT2D eigenvalue weighted by Crippen LogP contribution is -1.94. The molecule has 7 heteroatoms. The van der Waals surface area contributed by atoms with Gasteiger partial charge >= 0.3 is 0 Å². The Hall–Kier alpha value is -0.620. The normalized spacial score (nSPS) is 11.8. The highest BCUT2D eigenvalue weighted by molar-refractivity contribution is 7.66. The zero-order valence-corrected chi connectivity index (χ0v) is 11.3. The van der Waals surface area contributed by atoms with Gasteiger partial charge in [-0.1, -0.05) is 29.3 Å². The molecule has 0 spiro atoms. The quantitative estimate of drug-likeness (QED) is 0.790. The average Bonchev–Trinajstić information content (AvgIpc) is 2.65. The van der Waals surface area contributed by atoms with Crippen LogP contribution in [0.25, 0.3) is 0 Å². The van der Waals surface area contributed by atoms with Crippen LogP contribution in [0.5, 0.6) is 5.75 Å². The van der Waals surface area contributed by atoms with Crippen LogP contribution in [-0.2, 0) is 0 Å². The van der Waals surface area contributed by atoms with E-state index in [1.807, 2.05) is 12.1 Å². The molecule has 0 radical (unpaired) electrons. The molecule has 84 valence electrons. The Kier molecular flexibility index (Phi) is 3.81. The van der Waals surface area contributed by atoms with Gasteiger partial charge in [-0.05, 0) is 22.5 Å². The van der Waals surface area contributed by atoms with Crippen molar-refractivity contribution in [1.82, 2.24) is 4.37 Å². The number of ether oxygens (including phenoxy) is 1. The van der Waals surface area contributed by atoms with Crippen LogP contribution in [-0.4, -0.2) is 11.5 Å². The largest absolute Gasteiger partial charge is 0.493 e. The van der Waals surface area contributed by atoms with Crippen LogP contribution < -0.4 is 9.41 Å². The first-order valence-corrected chi connectivity index (χ1v) is 7.07. The van der Waals surface area contributed by atoms with Crippen molar-refractivity contribution in [2.75, 3.05) is 7.11 Å². The van der Waals surface area contributed by atoms with Gasteiger partial charge < -0.3 is 4.74 Å². The van der Waals surface area contributed by atoms with E-state index >= 15 is 0 Å². The summed E-state index contributed by atoms with van der Waals surface area (Å²) in [5.41, 5.74) is 0.647. The number of aromatic nitrogens is 1. The predicted octanol–water partition coefficient (Wildman–Crippen LogP) is 3.75. The smallest absolute Gasteiger partial charge is 0.179 e. The van der Waals surface area contributed by atoms with Crippen LogP contribution in [0.1, 0.15) is 0 Å². The number of methoxy groups -OCH3 is 1. The Bertz CT molecular complexity index is 565. The van der Waals surface area contributed by atoms with Gasteiger partial charge in [-0.15, -0.1) is 0 Å². The van der Waals surface area contributed by atoms with Gasteiger partial charge in [-0.2, -0.15) is 4.37 Å². The van der Waals surface area contributed by atoms with Gasteiger partial charge in [0.1, 0.15) is 5.69 Å². The minimum Gasteiger partial charge on any atom is -0.493 e. The van der Waals surface area contributed by atoms with Crippen LogP contribution >= 0.6 is 44.1 Å². The summed E-state index contributed by atoms with van der Waals surface area (Å²) in [5.74, 6) is 0.540. The van der Waals surface area contributed by atoms with Crippen LogP contribution in [0.2, 0.25) is 10.2 Å². The standard InChI is InChI=1S/C9H6Cl2N2OS2/c1-14-7-5(10)3-2-4-6(7)12-9-8(11)13-16-15-9/h2-4H,1H3/b12-9-. The van der Waals surface area contributed by atoms with Crippen molar-refractivity contribution in [1.29, 1.82) is 0 Å². The fourth-order valence-corrected chi connectivity index (χ4v) is 3.35. The summed E-state index contributed by atoms with van der Waals surface area (Å²) in [6, 6.07) is 5.36. The van der Waals surface area contributed by atoms with E-state index in [1.165, 1.54) is 20.9 Å². The lowest BCUT2D eigenvalue weighted by Gasteiger charge is -2.04. The maximum absolute atomic E-state index is 5.98. The zero-order chi connectivity index (χ0) is 11.5. The fourth-order valence-electron chi connectivity index (χ4n) is 1.12. The SMILES string of the molecule is COc1c(Cl)cccc1/N=c1\ssnc1Cl. The molecule has 0 aliphatic rings. The average molecular weight is 293 g/mol. The van der Waals surface area contributed by atoms with E-state index in [0.717, 1.165) is 0 Å². The molecule has 3 nitrogen and oxygen atoms in total. The molecule has 0 atom stereocenters. The summed E-state index contributed by atoms with van der Waals surface area (Å²) in [4.78, 5) is 4.36. The summed E-state index contributed by atoms with van der Waals surface area (Å²) >= 11 is 11.8. The van der Waals surface area contributed by atoms with E-state index < -0.39 is 0 Å². The third-order valence-corrected chi connectivity index (χ3v) is 4.25. The molecular weight excluding hydrogens is 287 g/mol. The van der Waals surface area contributed by atoms with Crippen molar-refractivity contribution >= 4 is 49.8 Å². The predicted molar refractivity (Wildman–Crippen MR) is 68.2 cm³/mol. The van der Waals surface area contributed by atoms with Crippen molar-refractivity contribution in [3.05, 3.63) is 33.0 Å². The zero-order valence-electron chi connectivity index (χ0n) is 8.11. The fraction of sp³-hybridized carbons (Fsp3) is 0.111. The van der Waals surface area contributed by atoms with Crippen molar-refractivity contribution in [3.63, 3.8) is 0 Å². The molecule has 0 N–H and O–H groups in total. The Morgan fingerprint density at radius 1 is 1.38 bits per heavy atom. The molecule has 0 amide bonds. The third-order valence-electron chi connectivity index (χ3n) is 1.78. The first-order chi connectivity index (χ1) is 7.72. The van der Waals surface area contributed by atoms with Gasteiger partial charge in [-0.3, -0.25) is 0 Å². The topological polar surface area (TPSA) is 34.5 Å². The van der Waals surface area contributed by atoms with E-state index in [2.05, 4.69) is 9.37 Å². The molecule has 1 aromatic heterocycles. The summed E-state index contributed by atoms with van der Waals surface area (Å²) in [6.45, 7) is 0. The van der Waals surface area contributed by atoms with Gasteiger partial charge in [0, 0.05) is 10.5 Å². The van der Waals surface area contributed by atoms with Gasteiger partial charge in [0.05, 0.1) is 12.1 Å². The lowest BCUT2D eigenvalue weighted by molar-refractivity contribution is 0.416. The highest BCUT2D eigenvalue weighted by Gasteiger charge is 2.06. The third kappa shape index (κ3) is 2.38. The molecule has 0 saturated heterocycles. The summed E-state index contributed by atoms with van der Waals surface area (Å²) in [7, 11) is 4.25. The Balaban J connectivity index is 2.58. The lowest BCUT2D eigenvalue weighted by atomic mass is 10.3. The van der Waals surface area contributed by atoms with Crippen molar-refractivity contribution < 1.29 is 4.74 Å². The number of halogens is 2. The summed E-state index contributed by atoms with van der Waals surface area (Å²) in [6.07, 6.45) is 0. The van der Waals surface area contributed by atoms with Crippen molar-refractivity contribution in [3.8, 4) is 5.75 Å². The first kappa shape index (κ1) is 11.9. The van der Waals surface area contributed by atoms with Crippen molar-refractivity contribution in [2.45, 2.75) is 0 Å². The van der Waals surface area contributed by atoms with Crippen LogP contribution in [0, 0.1) is 0 Å². The van der Waals surface area contributed by atoms with Gasteiger partial charge in [0.2, 0.25) is 0 Å². The maximum Gasteiger partial charge on any atom is 0.179 e. The second kappa shape index (κ2) is 5.14. The number of nitrogens with zero attached hydrogens (tertiary/aromatic N) is 2. The Morgan fingerprint density at radius 2 is 2.19 bits per heavy atom. The van der Waals surface area contributed by atoms with E-state index in [9.17, 15) is 0 Å². The van der Waals surface area contributed by atoms with E-state index in [-0.39, 0.29) is 0 Å². The van der Waals surface area contributed by atoms with Crippen LogP contribution in [0.4, 0.5) is 5.69 Å². The van der Waals surface area contributed by atoms with Crippen LogP contribution in [0.3, 0.4) is 0 Å². The highest BCUT2D eigenvalue weighted by atomic mass is 35.5. The molecule has 16 heavy (non-hydrogen) atoms. The van der Waals surface area contributed by atoms with E-state index in [0.29, 0.717) is 26.3 Å². The Labute approximate surface area is 110 Å². The molecule has 0 unspecified atom stereocenters. The number of hydrogen-bond donors (Lipinski definition) is 0. The number of benzene rings is 1. The monoisotopic (exact) mass is 292 g/mol. The van der Waals surface area contributed by atoms with Gasteiger partial charge in [-0.25, -0.2) is 4.99 Å². The van der Waals surface area contributed by atoms with Crippen molar-refractivity contribution in [2.24, 2.45) is 4.99 Å². The van der Waals surface area contributed by atoms with E-state index in [1.54, 1.807) is 13.2 Å². The second-order valence-electron chi connectivity index (χ2n) is 2.75. The highest BCUT2D eigenvalue weighted by Crippen LogP contribution is 2.34. The molecule has 0 aliphatic carbocycles.